The van der Waals surface area contributed by atoms with Crippen molar-refractivity contribution in [2.75, 3.05) is 0 Å². The van der Waals surface area contributed by atoms with Gasteiger partial charge in [-0.05, 0) is 0 Å². The van der Waals surface area contributed by atoms with Crippen molar-refractivity contribution in [3.63, 3.8) is 0 Å². The van der Waals surface area contributed by atoms with E-state index in [1.807, 2.05) is 26.0 Å². The fourth-order valence-electron chi connectivity index (χ4n) is 1.20. The zero-order valence-corrected chi connectivity index (χ0v) is 8.28. The molecule has 0 spiro atoms. The van der Waals surface area contributed by atoms with Crippen molar-refractivity contribution >= 4 is 0 Å². The van der Waals surface area contributed by atoms with Crippen LogP contribution in [0.2, 0.25) is 0 Å². The smallest absolute Gasteiger partial charge is 0.137 e. The minimum absolute atomic E-state index is 0.741. The summed E-state index contributed by atoms with van der Waals surface area (Å²) in [4.78, 5) is 0. The highest BCUT2D eigenvalue weighted by Gasteiger charge is 2.09. The van der Waals surface area contributed by atoms with Gasteiger partial charge in [-0.2, -0.15) is 0 Å². The molecule has 4 heteroatoms. The van der Waals surface area contributed by atoms with Gasteiger partial charge in [0.05, 0.1) is 0 Å². The summed E-state index contributed by atoms with van der Waals surface area (Å²) >= 11 is 0. The molecule has 0 saturated heterocycles. The van der Waals surface area contributed by atoms with Gasteiger partial charge in [-0.25, -0.2) is 0 Å². The first-order chi connectivity index (χ1) is 6.83. The molecule has 0 bridgehead atoms. The molecule has 4 nitrogen and oxygen atoms in total. The Bertz CT molecular complexity index is 377. The number of aryl methyl sites for hydroxylation is 2. The van der Waals surface area contributed by atoms with Gasteiger partial charge in [0.25, 0.3) is 0 Å². The molecular weight excluding hydrogens is 180 g/mol. The summed E-state index contributed by atoms with van der Waals surface area (Å²) in [5.74, 6) is 1.72. The summed E-state index contributed by atoms with van der Waals surface area (Å²) < 4.78 is 10.2. The maximum Gasteiger partial charge on any atom is 0.137 e. The molecule has 2 aromatic rings. The van der Waals surface area contributed by atoms with E-state index in [1.165, 1.54) is 0 Å². The van der Waals surface area contributed by atoms with Crippen molar-refractivity contribution < 1.29 is 9.05 Å². The number of hydrogen-bond donors (Lipinski definition) is 0. The molecule has 0 aromatic carbocycles. The standard InChI is InChI=1S/C10H12N2O2/c1-3-7-5-9(11-13-7)10-6-8(4-2)14-12-10/h5-6H,3-4H2,1-2H3. The lowest BCUT2D eigenvalue weighted by Gasteiger charge is -1.80. The molecule has 0 radical (unpaired) electrons. The highest BCUT2D eigenvalue weighted by Crippen LogP contribution is 2.19. The van der Waals surface area contributed by atoms with E-state index in [1.54, 1.807) is 0 Å². The summed E-state index contributed by atoms with van der Waals surface area (Å²) in [5.41, 5.74) is 1.48. The van der Waals surface area contributed by atoms with Gasteiger partial charge in [-0.15, -0.1) is 0 Å². The summed E-state index contributed by atoms with van der Waals surface area (Å²) in [7, 11) is 0. The van der Waals surface area contributed by atoms with Gasteiger partial charge in [0.2, 0.25) is 0 Å². The van der Waals surface area contributed by atoms with Crippen molar-refractivity contribution in [2.24, 2.45) is 0 Å². The van der Waals surface area contributed by atoms with Crippen LogP contribution in [0.25, 0.3) is 11.4 Å². The third-order valence-corrected chi connectivity index (χ3v) is 2.08. The van der Waals surface area contributed by atoms with E-state index < -0.39 is 0 Å². The van der Waals surface area contributed by atoms with Crippen LogP contribution in [0, 0.1) is 0 Å². The second kappa shape index (κ2) is 3.65. The molecule has 74 valence electrons. The van der Waals surface area contributed by atoms with E-state index in [4.69, 9.17) is 9.05 Å². The lowest BCUT2D eigenvalue weighted by molar-refractivity contribution is 0.381. The highest BCUT2D eigenvalue weighted by molar-refractivity contribution is 5.53. The van der Waals surface area contributed by atoms with E-state index in [2.05, 4.69) is 10.3 Å². The Balaban J connectivity index is 2.29. The van der Waals surface area contributed by atoms with Crippen LogP contribution in [-0.4, -0.2) is 10.3 Å². The largest absolute Gasteiger partial charge is 0.361 e. The Morgan fingerprint density at radius 2 is 1.36 bits per heavy atom. The number of hydrogen-bond acceptors (Lipinski definition) is 4. The van der Waals surface area contributed by atoms with E-state index in [9.17, 15) is 0 Å². The molecular formula is C10H12N2O2. The van der Waals surface area contributed by atoms with Crippen LogP contribution in [-0.2, 0) is 12.8 Å². The molecule has 2 aromatic heterocycles. The Kier molecular flexibility index (Phi) is 2.35. The zero-order valence-electron chi connectivity index (χ0n) is 8.28. The first-order valence-corrected chi connectivity index (χ1v) is 4.75. The van der Waals surface area contributed by atoms with Gasteiger partial charge in [0.1, 0.15) is 22.9 Å². The minimum Gasteiger partial charge on any atom is -0.361 e. The highest BCUT2D eigenvalue weighted by atomic mass is 16.5. The van der Waals surface area contributed by atoms with Crippen LogP contribution in [0.3, 0.4) is 0 Å². The maximum absolute atomic E-state index is 5.08. The van der Waals surface area contributed by atoms with Crippen molar-refractivity contribution in [3.05, 3.63) is 23.7 Å². The number of nitrogens with zero attached hydrogens (tertiary/aromatic N) is 2. The minimum atomic E-state index is 0.741. The molecule has 14 heavy (non-hydrogen) atoms. The Hall–Kier alpha value is -1.58. The molecule has 2 heterocycles. The van der Waals surface area contributed by atoms with Gasteiger partial charge in [-0.1, -0.05) is 24.2 Å². The van der Waals surface area contributed by atoms with Crippen molar-refractivity contribution in [2.45, 2.75) is 26.7 Å². The summed E-state index contributed by atoms with van der Waals surface area (Å²) in [6.07, 6.45) is 1.68. The van der Waals surface area contributed by atoms with E-state index in [-0.39, 0.29) is 0 Å². The molecule has 0 fully saturated rings. The van der Waals surface area contributed by atoms with Crippen LogP contribution in [0.15, 0.2) is 21.2 Å². The van der Waals surface area contributed by atoms with Crippen LogP contribution in [0.1, 0.15) is 25.4 Å². The van der Waals surface area contributed by atoms with Crippen LogP contribution in [0.5, 0.6) is 0 Å². The second-order valence-electron chi connectivity index (χ2n) is 3.06. The molecule has 0 amide bonds. The molecule has 0 saturated carbocycles. The molecule has 0 N–H and O–H groups in total. The van der Waals surface area contributed by atoms with Crippen LogP contribution < -0.4 is 0 Å². The third-order valence-electron chi connectivity index (χ3n) is 2.08. The summed E-state index contributed by atoms with van der Waals surface area (Å²) in [6.45, 7) is 4.04. The van der Waals surface area contributed by atoms with Gasteiger partial charge < -0.3 is 9.05 Å². The predicted molar refractivity (Wildman–Crippen MR) is 50.8 cm³/mol. The van der Waals surface area contributed by atoms with Crippen molar-refractivity contribution in [3.8, 4) is 11.4 Å². The first kappa shape index (κ1) is 8.99. The Morgan fingerprint density at radius 3 is 1.64 bits per heavy atom. The van der Waals surface area contributed by atoms with E-state index in [0.29, 0.717) is 0 Å². The average molecular weight is 192 g/mol. The molecule has 0 unspecified atom stereocenters. The van der Waals surface area contributed by atoms with Gasteiger partial charge >= 0.3 is 0 Å². The van der Waals surface area contributed by atoms with Crippen molar-refractivity contribution in [1.82, 2.24) is 10.3 Å². The molecule has 0 atom stereocenters. The SMILES string of the molecule is CCc1cc(-c2cc(CC)on2)no1. The molecule has 2 rings (SSSR count). The summed E-state index contributed by atoms with van der Waals surface area (Å²) in [6, 6.07) is 3.77. The first-order valence-electron chi connectivity index (χ1n) is 4.75. The van der Waals surface area contributed by atoms with Crippen LogP contribution >= 0.6 is 0 Å². The number of rotatable bonds is 3. The maximum atomic E-state index is 5.08. The quantitative estimate of drug-likeness (QED) is 0.749. The van der Waals surface area contributed by atoms with E-state index in [0.717, 1.165) is 35.7 Å². The lowest BCUT2D eigenvalue weighted by atomic mass is 10.2. The fourth-order valence-corrected chi connectivity index (χ4v) is 1.20. The van der Waals surface area contributed by atoms with E-state index >= 15 is 0 Å². The zero-order chi connectivity index (χ0) is 9.97. The van der Waals surface area contributed by atoms with Gasteiger partial charge in [0.15, 0.2) is 0 Å². The average Bonchev–Trinajstić information content (AvgIpc) is 2.86. The monoisotopic (exact) mass is 192 g/mol. The molecule has 0 aliphatic rings. The number of aromatic nitrogens is 2. The summed E-state index contributed by atoms with van der Waals surface area (Å²) in [5, 5.41) is 7.81. The second-order valence-corrected chi connectivity index (χ2v) is 3.06. The lowest BCUT2D eigenvalue weighted by Crippen LogP contribution is -1.74. The fraction of sp³-hybridized carbons (Fsp3) is 0.400. The predicted octanol–water partition coefficient (Wildman–Crippen LogP) is 2.45. The third kappa shape index (κ3) is 1.55. The van der Waals surface area contributed by atoms with Gasteiger partial charge in [-0.3, -0.25) is 0 Å². The normalized spacial score (nSPS) is 10.7. The molecule has 0 aliphatic heterocycles. The Labute approximate surface area is 81.9 Å². The molecule has 0 aliphatic carbocycles. The van der Waals surface area contributed by atoms with Crippen LogP contribution in [0.4, 0.5) is 0 Å². The van der Waals surface area contributed by atoms with Gasteiger partial charge in [0, 0.05) is 25.0 Å². The van der Waals surface area contributed by atoms with Crippen molar-refractivity contribution in [1.29, 1.82) is 0 Å². The topological polar surface area (TPSA) is 52.1 Å². The Morgan fingerprint density at radius 1 is 0.929 bits per heavy atom.